The van der Waals surface area contributed by atoms with Gasteiger partial charge in [0.05, 0.1) is 27.8 Å². The Morgan fingerprint density at radius 2 is 1.32 bits per heavy atom. The lowest BCUT2D eigenvalue weighted by atomic mass is 10.1. The van der Waals surface area contributed by atoms with Gasteiger partial charge in [0, 0.05) is 33.2 Å². The van der Waals surface area contributed by atoms with Gasteiger partial charge in [-0.1, -0.05) is 109 Å². The van der Waals surface area contributed by atoms with Gasteiger partial charge in [-0.05, 0) is 70.9 Å². The number of fused-ring (bicyclic) bond motifs is 5. The highest BCUT2D eigenvalue weighted by molar-refractivity contribution is 7.21. The van der Waals surface area contributed by atoms with Crippen molar-refractivity contribution in [2.45, 2.75) is 6.54 Å². The summed E-state index contributed by atoms with van der Waals surface area (Å²) >= 11 is 1.74. The topological polar surface area (TPSA) is 68.6 Å². The van der Waals surface area contributed by atoms with Crippen LogP contribution in [0.4, 0.5) is 0 Å². The number of amidine groups is 2. The molecule has 0 radical (unpaired) electrons. The molecule has 2 N–H and O–H groups in total. The summed E-state index contributed by atoms with van der Waals surface area (Å²) in [5, 5.41) is 5.81. The van der Waals surface area contributed by atoms with Crippen molar-refractivity contribution in [2.24, 2.45) is 15.7 Å². The van der Waals surface area contributed by atoms with Gasteiger partial charge in [-0.3, -0.25) is 4.99 Å². The minimum absolute atomic E-state index is 0.442. The number of nitrogens with two attached hydrogens (primary N) is 1. The minimum atomic E-state index is 0.442. The maximum atomic E-state index is 6.41. The Hall–Kier alpha value is -6.37. The molecule has 5 nitrogen and oxygen atoms in total. The van der Waals surface area contributed by atoms with Crippen LogP contribution in [0.5, 0.6) is 0 Å². The molecule has 2 heterocycles. The summed E-state index contributed by atoms with van der Waals surface area (Å²) in [6.07, 6.45) is 0. The first-order valence-electron chi connectivity index (χ1n) is 16.6. The first-order valence-corrected chi connectivity index (χ1v) is 17.4. The molecule has 0 aliphatic carbocycles. The Morgan fingerprint density at radius 1 is 0.620 bits per heavy atom. The Morgan fingerprint density at radius 3 is 2.16 bits per heavy atom. The molecule has 9 rings (SSSR count). The molecule has 7 aromatic carbocycles. The third-order valence-electron chi connectivity index (χ3n) is 9.10. The van der Waals surface area contributed by atoms with Crippen LogP contribution >= 0.6 is 11.3 Å². The van der Waals surface area contributed by atoms with Crippen LogP contribution in [0.2, 0.25) is 0 Å². The van der Waals surface area contributed by atoms with Gasteiger partial charge in [-0.15, -0.1) is 11.3 Å². The van der Waals surface area contributed by atoms with Gasteiger partial charge < -0.3 is 10.3 Å². The van der Waals surface area contributed by atoms with Crippen molar-refractivity contribution in [3.8, 4) is 16.3 Å². The SMILES string of the molecule is NC(=NC(=NCc1ccc2cc(-n3c4ccccc4c4cc(-c5nc6ccccc6s5)ccc43)ccc2c1)c1ccccc1)c1ccccc1. The van der Waals surface area contributed by atoms with E-state index in [-0.39, 0.29) is 0 Å². The van der Waals surface area contributed by atoms with Crippen molar-refractivity contribution in [1.29, 1.82) is 0 Å². The molecule has 2 aromatic heterocycles. The largest absolute Gasteiger partial charge is 0.383 e. The lowest BCUT2D eigenvalue weighted by molar-refractivity contribution is 1.06. The van der Waals surface area contributed by atoms with Crippen LogP contribution in [0.15, 0.2) is 174 Å². The van der Waals surface area contributed by atoms with Gasteiger partial charge in [0.15, 0.2) is 5.84 Å². The van der Waals surface area contributed by atoms with Crippen molar-refractivity contribution < 1.29 is 0 Å². The average molecular weight is 662 g/mol. The van der Waals surface area contributed by atoms with E-state index in [0.29, 0.717) is 18.2 Å². The van der Waals surface area contributed by atoms with E-state index in [1.54, 1.807) is 11.3 Å². The van der Waals surface area contributed by atoms with Gasteiger partial charge >= 0.3 is 0 Å². The van der Waals surface area contributed by atoms with E-state index in [1.807, 2.05) is 66.7 Å². The number of thiazole rings is 1. The molecule has 0 aliphatic heterocycles. The van der Waals surface area contributed by atoms with E-state index >= 15 is 0 Å². The van der Waals surface area contributed by atoms with Crippen LogP contribution in [0, 0.1) is 0 Å². The molecule has 0 spiro atoms. The summed E-state index contributed by atoms with van der Waals surface area (Å²) in [6.45, 7) is 0.483. The third-order valence-corrected chi connectivity index (χ3v) is 10.2. The number of hydrogen-bond donors (Lipinski definition) is 1. The summed E-state index contributed by atoms with van der Waals surface area (Å²) in [6, 6.07) is 56.7. The number of aliphatic imine (C=N–C) groups is 2. The molecule has 9 aromatic rings. The van der Waals surface area contributed by atoms with Gasteiger partial charge in [0.25, 0.3) is 0 Å². The molecule has 0 bridgehead atoms. The third kappa shape index (κ3) is 5.51. The van der Waals surface area contributed by atoms with Crippen molar-refractivity contribution in [3.05, 3.63) is 180 Å². The molecule has 0 atom stereocenters. The maximum Gasteiger partial charge on any atom is 0.157 e. The number of aromatic nitrogens is 2. The molecule has 0 unspecified atom stereocenters. The van der Waals surface area contributed by atoms with E-state index in [4.69, 9.17) is 20.7 Å². The molecule has 0 saturated heterocycles. The fourth-order valence-corrected chi connectivity index (χ4v) is 7.59. The second-order valence-corrected chi connectivity index (χ2v) is 13.3. The van der Waals surface area contributed by atoms with Crippen LogP contribution in [0.25, 0.3) is 59.1 Å². The first-order chi connectivity index (χ1) is 24.7. The van der Waals surface area contributed by atoms with Crippen LogP contribution in [-0.4, -0.2) is 21.2 Å². The standard InChI is InChI=1S/C44H31N5S/c45-42(30-11-3-1-4-12-30)48-43(31-13-5-2-6-14-31)46-28-29-19-20-33-26-35(23-21-32(33)25-29)49-39-17-9-7-15-36(39)37-27-34(22-24-40(37)49)44-47-38-16-8-10-18-41(38)50-44/h1-27H,28H2,(H2,45,46,48). The van der Waals surface area contributed by atoms with Gasteiger partial charge in [-0.2, -0.15) is 0 Å². The first kappa shape index (κ1) is 29.7. The minimum Gasteiger partial charge on any atom is -0.383 e. The number of para-hydroxylation sites is 2. The van der Waals surface area contributed by atoms with Crippen LogP contribution in [0.1, 0.15) is 16.7 Å². The van der Waals surface area contributed by atoms with E-state index in [9.17, 15) is 0 Å². The summed E-state index contributed by atoms with van der Waals surface area (Å²) < 4.78 is 3.57. The fourth-order valence-electron chi connectivity index (χ4n) is 6.63. The second kappa shape index (κ2) is 12.6. The molecule has 6 heteroatoms. The highest BCUT2D eigenvalue weighted by Crippen LogP contribution is 2.37. The number of benzene rings is 7. The van der Waals surface area contributed by atoms with Crippen molar-refractivity contribution >= 4 is 65.8 Å². The summed E-state index contributed by atoms with van der Waals surface area (Å²) in [4.78, 5) is 14.6. The Kier molecular flexibility index (Phi) is 7.48. The van der Waals surface area contributed by atoms with E-state index in [1.165, 1.54) is 31.9 Å². The summed E-state index contributed by atoms with van der Waals surface area (Å²) in [7, 11) is 0. The van der Waals surface area contributed by atoms with E-state index in [0.717, 1.165) is 43.9 Å². The Balaban J connectivity index is 1.07. The molecule has 238 valence electrons. The number of hydrogen-bond acceptors (Lipinski definition) is 3. The molecule has 0 amide bonds. The van der Waals surface area contributed by atoms with Crippen molar-refractivity contribution in [1.82, 2.24) is 9.55 Å². The molecule has 0 fully saturated rings. The fraction of sp³-hybridized carbons (Fsp3) is 0.0227. The predicted molar refractivity (Wildman–Crippen MR) is 211 cm³/mol. The zero-order chi connectivity index (χ0) is 33.4. The normalized spacial score (nSPS) is 12.4. The van der Waals surface area contributed by atoms with E-state index < -0.39 is 0 Å². The van der Waals surface area contributed by atoms with Crippen LogP contribution in [0.3, 0.4) is 0 Å². The Bertz CT molecular complexity index is 2710. The Labute approximate surface area is 293 Å². The smallest absolute Gasteiger partial charge is 0.157 e. The zero-order valence-corrected chi connectivity index (χ0v) is 27.9. The quantitative estimate of drug-likeness (QED) is 0.142. The monoisotopic (exact) mass is 661 g/mol. The summed E-state index contributed by atoms with van der Waals surface area (Å²) in [5.74, 6) is 1.05. The van der Waals surface area contributed by atoms with Crippen LogP contribution in [-0.2, 0) is 6.54 Å². The number of rotatable bonds is 6. The molecule has 50 heavy (non-hydrogen) atoms. The lowest BCUT2D eigenvalue weighted by Crippen LogP contribution is -2.16. The second-order valence-electron chi connectivity index (χ2n) is 12.3. The van der Waals surface area contributed by atoms with Gasteiger partial charge in [0.2, 0.25) is 0 Å². The molecule has 0 aliphatic rings. The van der Waals surface area contributed by atoms with Gasteiger partial charge in [0.1, 0.15) is 10.8 Å². The molecule has 0 saturated carbocycles. The van der Waals surface area contributed by atoms with E-state index in [2.05, 4.69) is 102 Å². The van der Waals surface area contributed by atoms with Gasteiger partial charge in [-0.25, -0.2) is 9.98 Å². The highest BCUT2D eigenvalue weighted by atomic mass is 32.1. The zero-order valence-electron chi connectivity index (χ0n) is 27.1. The maximum absolute atomic E-state index is 6.41. The van der Waals surface area contributed by atoms with Crippen molar-refractivity contribution in [3.63, 3.8) is 0 Å². The molecular weight excluding hydrogens is 631 g/mol. The van der Waals surface area contributed by atoms with Crippen molar-refractivity contribution in [2.75, 3.05) is 0 Å². The highest BCUT2D eigenvalue weighted by Gasteiger charge is 2.15. The lowest BCUT2D eigenvalue weighted by Gasteiger charge is -2.10. The van der Waals surface area contributed by atoms with Crippen LogP contribution < -0.4 is 5.73 Å². The average Bonchev–Trinajstić information content (AvgIpc) is 3.76. The molecular formula is C44H31N5S. The summed E-state index contributed by atoms with van der Waals surface area (Å²) in [5.41, 5.74) is 15.0. The predicted octanol–water partition coefficient (Wildman–Crippen LogP) is 10.6. The number of nitrogens with zero attached hydrogens (tertiary/aromatic N) is 4.